The summed E-state index contributed by atoms with van der Waals surface area (Å²) in [6.07, 6.45) is 1.94. The molecular formula is C20H23N5O3. The summed E-state index contributed by atoms with van der Waals surface area (Å²) in [5.41, 5.74) is 1.93. The first-order valence-electron chi connectivity index (χ1n) is 8.91. The van der Waals surface area contributed by atoms with Crippen LogP contribution in [0, 0.1) is 0 Å². The third-order valence-electron chi connectivity index (χ3n) is 4.53. The molecule has 0 saturated carbocycles. The molecule has 0 radical (unpaired) electrons. The molecule has 0 aliphatic rings. The predicted molar refractivity (Wildman–Crippen MR) is 103 cm³/mol. The molecule has 0 bridgehead atoms. The standard InChI is InChI=1S/C20H23N5O3/c1-14(16-9-10-18(27-2)19(12-16)28-3)22-20(26)17(25-13-21-23-24-25)11-15-7-5-4-6-8-15/h4-10,12-14,17H,11H2,1-3H3,(H,22,26). The van der Waals surface area contributed by atoms with E-state index in [0.717, 1.165) is 11.1 Å². The van der Waals surface area contributed by atoms with E-state index in [1.165, 1.54) is 11.0 Å². The van der Waals surface area contributed by atoms with Gasteiger partial charge in [-0.1, -0.05) is 36.4 Å². The average Bonchev–Trinajstić information content (AvgIpc) is 3.26. The molecule has 0 aliphatic carbocycles. The van der Waals surface area contributed by atoms with E-state index in [-0.39, 0.29) is 11.9 Å². The number of hydrogen-bond donors (Lipinski definition) is 1. The van der Waals surface area contributed by atoms with Crippen molar-refractivity contribution in [3.8, 4) is 11.5 Å². The number of rotatable bonds is 8. The van der Waals surface area contributed by atoms with Crippen molar-refractivity contribution < 1.29 is 14.3 Å². The van der Waals surface area contributed by atoms with Crippen LogP contribution in [0.5, 0.6) is 11.5 Å². The van der Waals surface area contributed by atoms with E-state index in [2.05, 4.69) is 20.8 Å². The Morgan fingerprint density at radius 3 is 2.50 bits per heavy atom. The molecule has 2 unspecified atom stereocenters. The molecule has 0 aliphatic heterocycles. The largest absolute Gasteiger partial charge is 0.493 e. The third-order valence-corrected chi connectivity index (χ3v) is 4.53. The molecule has 0 saturated heterocycles. The van der Waals surface area contributed by atoms with Crippen LogP contribution in [0.15, 0.2) is 54.9 Å². The molecule has 3 aromatic rings. The maximum absolute atomic E-state index is 13.0. The summed E-state index contributed by atoms with van der Waals surface area (Å²) in [5, 5.41) is 14.3. The summed E-state index contributed by atoms with van der Waals surface area (Å²) in [6, 6.07) is 14.6. The number of nitrogens with one attached hydrogen (secondary N) is 1. The highest BCUT2D eigenvalue weighted by Gasteiger charge is 2.24. The summed E-state index contributed by atoms with van der Waals surface area (Å²) in [6.45, 7) is 1.91. The Morgan fingerprint density at radius 1 is 1.11 bits per heavy atom. The van der Waals surface area contributed by atoms with Gasteiger partial charge in [-0.15, -0.1) is 5.10 Å². The number of hydrogen-bond acceptors (Lipinski definition) is 6. The van der Waals surface area contributed by atoms with Gasteiger partial charge >= 0.3 is 0 Å². The van der Waals surface area contributed by atoms with Crippen molar-refractivity contribution >= 4 is 5.91 Å². The molecule has 1 aromatic heterocycles. The molecule has 0 spiro atoms. The molecule has 2 atom stereocenters. The molecule has 3 rings (SSSR count). The van der Waals surface area contributed by atoms with Crippen LogP contribution in [0.3, 0.4) is 0 Å². The van der Waals surface area contributed by atoms with Crippen LogP contribution in [0.1, 0.15) is 30.1 Å². The number of carbonyl (C=O) groups excluding carboxylic acids is 1. The predicted octanol–water partition coefficient (Wildman–Crippen LogP) is 2.35. The number of tetrazole rings is 1. The zero-order valence-corrected chi connectivity index (χ0v) is 16.1. The highest BCUT2D eigenvalue weighted by molar-refractivity contribution is 5.81. The van der Waals surface area contributed by atoms with E-state index in [9.17, 15) is 4.79 Å². The molecule has 1 heterocycles. The minimum Gasteiger partial charge on any atom is -0.493 e. The van der Waals surface area contributed by atoms with Crippen molar-refractivity contribution in [2.24, 2.45) is 0 Å². The Kier molecular flexibility index (Phi) is 6.21. The Hall–Kier alpha value is -3.42. The summed E-state index contributed by atoms with van der Waals surface area (Å²) in [7, 11) is 3.17. The minimum absolute atomic E-state index is 0.168. The van der Waals surface area contributed by atoms with E-state index < -0.39 is 6.04 Å². The summed E-state index contributed by atoms with van der Waals surface area (Å²) in [4.78, 5) is 13.0. The Morgan fingerprint density at radius 2 is 1.86 bits per heavy atom. The third kappa shape index (κ3) is 4.46. The normalized spacial score (nSPS) is 12.8. The molecule has 8 nitrogen and oxygen atoms in total. The van der Waals surface area contributed by atoms with E-state index in [1.807, 2.05) is 55.5 Å². The van der Waals surface area contributed by atoms with Gasteiger partial charge in [0.25, 0.3) is 0 Å². The van der Waals surface area contributed by atoms with E-state index >= 15 is 0 Å². The lowest BCUT2D eigenvalue weighted by atomic mass is 10.0. The Balaban J connectivity index is 1.78. The molecule has 146 valence electrons. The fraction of sp³-hybridized carbons (Fsp3) is 0.300. The Labute approximate surface area is 163 Å². The average molecular weight is 381 g/mol. The van der Waals surface area contributed by atoms with E-state index in [4.69, 9.17) is 9.47 Å². The fourth-order valence-electron chi connectivity index (χ4n) is 2.97. The van der Waals surface area contributed by atoms with Crippen LogP contribution in [-0.4, -0.2) is 40.3 Å². The van der Waals surface area contributed by atoms with Crippen LogP contribution in [0.25, 0.3) is 0 Å². The van der Waals surface area contributed by atoms with Crippen LogP contribution in [-0.2, 0) is 11.2 Å². The summed E-state index contributed by atoms with van der Waals surface area (Å²) >= 11 is 0. The smallest absolute Gasteiger partial charge is 0.245 e. The summed E-state index contributed by atoms with van der Waals surface area (Å²) < 4.78 is 12.1. The highest BCUT2D eigenvalue weighted by Crippen LogP contribution is 2.30. The van der Waals surface area contributed by atoms with Crippen molar-refractivity contribution in [3.63, 3.8) is 0 Å². The lowest BCUT2D eigenvalue weighted by Gasteiger charge is -2.21. The maximum Gasteiger partial charge on any atom is 0.245 e. The van der Waals surface area contributed by atoms with Gasteiger partial charge < -0.3 is 14.8 Å². The number of aromatic nitrogens is 4. The number of nitrogens with zero attached hydrogens (tertiary/aromatic N) is 4. The van der Waals surface area contributed by atoms with Crippen LogP contribution in [0.4, 0.5) is 0 Å². The van der Waals surface area contributed by atoms with Gasteiger partial charge in [-0.2, -0.15) is 0 Å². The van der Waals surface area contributed by atoms with E-state index in [0.29, 0.717) is 17.9 Å². The number of carbonyl (C=O) groups is 1. The first kappa shape index (κ1) is 19.3. The molecule has 28 heavy (non-hydrogen) atoms. The van der Waals surface area contributed by atoms with Gasteiger partial charge in [0.15, 0.2) is 11.5 Å². The molecule has 1 N–H and O–H groups in total. The number of ether oxygens (including phenoxy) is 2. The SMILES string of the molecule is COc1ccc(C(C)NC(=O)C(Cc2ccccc2)n2cnnn2)cc1OC. The monoisotopic (exact) mass is 381 g/mol. The maximum atomic E-state index is 13.0. The van der Waals surface area contributed by atoms with E-state index in [1.54, 1.807) is 14.2 Å². The Bertz CT molecular complexity index is 899. The first-order valence-corrected chi connectivity index (χ1v) is 8.91. The molecular weight excluding hydrogens is 358 g/mol. The molecule has 0 fully saturated rings. The van der Waals surface area contributed by atoms with Gasteiger partial charge in [0.05, 0.1) is 20.3 Å². The van der Waals surface area contributed by atoms with Gasteiger partial charge in [0.1, 0.15) is 12.4 Å². The van der Waals surface area contributed by atoms with Gasteiger partial charge in [0, 0.05) is 6.42 Å². The van der Waals surface area contributed by atoms with Gasteiger partial charge in [0.2, 0.25) is 5.91 Å². The molecule has 2 aromatic carbocycles. The number of benzene rings is 2. The lowest BCUT2D eigenvalue weighted by Crippen LogP contribution is -2.35. The van der Waals surface area contributed by atoms with Crippen LogP contribution < -0.4 is 14.8 Å². The second-order valence-corrected chi connectivity index (χ2v) is 6.34. The van der Waals surface area contributed by atoms with Gasteiger partial charge in [-0.05, 0) is 40.6 Å². The van der Waals surface area contributed by atoms with Crippen molar-refractivity contribution in [1.29, 1.82) is 0 Å². The fourth-order valence-corrected chi connectivity index (χ4v) is 2.97. The van der Waals surface area contributed by atoms with Crippen molar-refractivity contribution in [2.75, 3.05) is 14.2 Å². The van der Waals surface area contributed by atoms with Crippen LogP contribution in [0.2, 0.25) is 0 Å². The van der Waals surface area contributed by atoms with Crippen molar-refractivity contribution in [1.82, 2.24) is 25.5 Å². The lowest BCUT2D eigenvalue weighted by molar-refractivity contribution is -0.125. The van der Waals surface area contributed by atoms with Crippen molar-refractivity contribution in [3.05, 3.63) is 66.0 Å². The van der Waals surface area contributed by atoms with Gasteiger partial charge in [-0.3, -0.25) is 4.79 Å². The molecule has 8 heteroatoms. The van der Waals surface area contributed by atoms with Crippen LogP contribution >= 0.6 is 0 Å². The second-order valence-electron chi connectivity index (χ2n) is 6.34. The zero-order valence-electron chi connectivity index (χ0n) is 16.1. The second kappa shape index (κ2) is 8.98. The van der Waals surface area contributed by atoms with Gasteiger partial charge in [-0.25, -0.2) is 4.68 Å². The topological polar surface area (TPSA) is 91.2 Å². The number of methoxy groups -OCH3 is 2. The van der Waals surface area contributed by atoms with Crippen molar-refractivity contribution in [2.45, 2.75) is 25.4 Å². The minimum atomic E-state index is -0.556. The zero-order chi connectivity index (χ0) is 19.9. The molecule has 1 amide bonds. The first-order chi connectivity index (χ1) is 13.6. The quantitative estimate of drug-likeness (QED) is 0.644. The summed E-state index contributed by atoms with van der Waals surface area (Å²) in [5.74, 6) is 1.08. The highest BCUT2D eigenvalue weighted by atomic mass is 16.5. The number of amides is 1.